The van der Waals surface area contributed by atoms with E-state index in [0.717, 1.165) is 0 Å². The fourth-order valence-electron chi connectivity index (χ4n) is 1.53. The summed E-state index contributed by atoms with van der Waals surface area (Å²) in [5.74, 6) is -2.84. The van der Waals surface area contributed by atoms with Gasteiger partial charge < -0.3 is 11.1 Å². The number of hydrogen-bond donors (Lipinski definition) is 2. The molecule has 0 saturated carbocycles. The summed E-state index contributed by atoms with van der Waals surface area (Å²) >= 11 is 0.372. The fraction of sp³-hybridized carbons (Fsp3) is 0.0769. The van der Waals surface area contributed by atoms with Crippen LogP contribution >= 0.6 is 11.8 Å². The summed E-state index contributed by atoms with van der Waals surface area (Å²) in [7, 11) is 0. The van der Waals surface area contributed by atoms with E-state index in [1.165, 1.54) is 12.1 Å². The molecule has 1 aromatic carbocycles. The first-order valence-electron chi connectivity index (χ1n) is 5.64. The lowest BCUT2D eigenvalue weighted by Gasteiger charge is -2.10. The number of nitrogens with two attached hydrogens (primary N) is 1. The van der Waals surface area contributed by atoms with E-state index >= 15 is 0 Å². The monoisotopic (exact) mass is 295 g/mol. The van der Waals surface area contributed by atoms with Gasteiger partial charge >= 0.3 is 0 Å². The average Bonchev–Trinajstić information content (AvgIpc) is 2.40. The standard InChI is InChI=1S/C13H11F2N3OS/c14-13(15)20-10-6-2-1-4-8(10)18-12(19)9-5-3-7-11(16)17-9/h1-7,13H,(H2,16,17)(H,18,19). The van der Waals surface area contributed by atoms with Crippen molar-refractivity contribution in [3.05, 3.63) is 48.2 Å². The third-order valence-corrected chi connectivity index (χ3v) is 3.14. The Morgan fingerprint density at radius 3 is 2.65 bits per heavy atom. The highest BCUT2D eigenvalue weighted by Crippen LogP contribution is 2.31. The molecule has 104 valence electrons. The predicted octanol–water partition coefficient (Wildman–Crippen LogP) is 3.23. The van der Waals surface area contributed by atoms with Crippen molar-refractivity contribution in [2.45, 2.75) is 10.7 Å². The quantitative estimate of drug-likeness (QED) is 0.850. The number of nitrogens with one attached hydrogen (secondary N) is 1. The Bertz CT molecular complexity index is 622. The van der Waals surface area contributed by atoms with Crippen molar-refractivity contribution < 1.29 is 13.6 Å². The van der Waals surface area contributed by atoms with Gasteiger partial charge in [-0.3, -0.25) is 4.79 Å². The van der Waals surface area contributed by atoms with Gasteiger partial charge in [-0.05, 0) is 24.3 Å². The molecule has 0 unspecified atom stereocenters. The van der Waals surface area contributed by atoms with Crippen molar-refractivity contribution >= 4 is 29.2 Å². The SMILES string of the molecule is Nc1cccc(C(=O)Nc2ccccc2SC(F)F)n1. The second-order valence-corrected chi connectivity index (χ2v) is 4.81. The van der Waals surface area contributed by atoms with E-state index in [0.29, 0.717) is 22.3 Å². The molecule has 0 atom stereocenters. The molecule has 0 aliphatic heterocycles. The van der Waals surface area contributed by atoms with Crippen LogP contribution in [0.2, 0.25) is 0 Å². The van der Waals surface area contributed by atoms with Crippen LogP contribution in [-0.4, -0.2) is 16.6 Å². The molecule has 20 heavy (non-hydrogen) atoms. The minimum Gasteiger partial charge on any atom is -0.384 e. The van der Waals surface area contributed by atoms with Crippen LogP contribution in [0.4, 0.5) is 20.3 Å². The molecule has 0 aliphatic rings. The number of para-hydroxylation sites is 1. The van der Waals surface area contributed by atoms with Gasteiger partial charge in [-0.1, -0.05) is 30.0 Å². The highest BCUT2D eigenvalue weighted by Gasteiger charge is 2.13. The first-order valence-corrected chi connectivity index (χ1v) is 6.52. The number of amides is 1. The number of thioether (sulfide) groups is 1. The topological polar surface area (TPSA) is 68.0 Å². The zero-order valence-electron chi connectivity index (χ0n) is 10.2. The van der Waals surface area contributed by atoms with Crippen molar-refractivity contribution in [1.82, 2.24) is 4.98 Å². The maximum Gasteiger partial charge on any atom is 0.288 e. The third-order valence-electron chi connectivity index (χ3n) is 2.35. The molecule has 0 bridgehead atoms. The minimum absolute atomic E-state index is 0.127. The van der Waals surface area contributed by atoms with Crippen LogP contribution in [0.25, 0.3) is 0 Å². The number of rotatable bonds is 4. The van der Waals surface area contributed by atoms with Gasteiger partial charge in [0.2, 0.25) is 0 Å². The smallest absolute Gasteiger partial charge is 0.288 e. The van der Waals surface area contributed by atoms with Crippen molar-refractivity contribution in [2.24, 2.45) is 0 Å². The summed E-state index contributed by atoms with van der Waals surface area (Å²) in [4.78, 5) is 16.1. The number of aromatic nitrogens is 1. The number of alkyl halides is 2. The Kier molecular flexibility index (Phi) is 4.52. The van der Waals surface area contributed by atoms with Crippen LogP contribution in [-0.2, 0) is 0 Å². The summed E-state index contributed by atoms with van der Waals surface area (Å²) in [6, 6.07) is 11.0. The first kappa shape index (κ1) is 14.3. The molecule has 2 rings (SSSR count). The van der Waals surface area contributed by atoms with Crippen LogP contribution < -0.4 is 11.1 Å². The molecule has 0 spiro atoms. The van der Waals surface area contributed by atoms with E-state index in [1.54, 1.807) is 30.3 Å². The van der Waals surface area contributed by atoms with E-state index in [-0.39, 0.29) is 11.5 Å². The van der Waals surface area contributed by atoms with Crippen LogP contribution in [0.3, 0.4) is 0 Å². The van der Waals surface area contributed by atoms with E-state index in [9.17, 15) is 13.6 Å². The molecule has 1 heterocycles. The maximum atomic E-state index is 12.4. The van der Waals surface area contributed by atoms with E-state index < -0.39 is 11.7 Å². The summed E-state index contributed by atoms with van der Waals surface area (Å²) in [5, 5.41) is 2.55. The zero-order chi connectivity index (χ0) is 14.5. The Morgan fingerprint density at radius 1 is 1.20 bits per heavy atom. The molecule has 4 nitrogen and oxygen atoms in total. The lowest BCUT2D eigenvalue weighted by molar-refractivity contribution is 0.102. The van der Waals surface area contributed by atoms with Gasteiger partial charge in [-0.2, -0.15) is 8.78 Å². The molecule has 7 heteroatoms. The molecule has 0 saturated heterocycles. The largest absolute Gasteiger partial charge is 0.384 e. The van der Waals surface area contributed by atoms with Gasteiger partial charge in [-0.15, -0.1) is 0 Å². The van der Waals surface area contributed by atoms with Gasteiger partial charge in [0, 0.05) is 4.90 Å². The molecule has 0 fully saturated rings. The number of nitrogens with zero attached hydrogens (tertiary/aromatic N) is 1. The second kappa shape index (κ2) is 6.33. The highest BCUT2D eigenvalue weighted by molar-refractivity contribution is 7.99. The summed E-state index contributed by atoms with van der Waals surface area (Å²) in [6.07, 6.45) is 0. The number of pyridine rings is 1. The maximum absolute atomic E-state index is 12.4. The van der Waals surface area contributed by atoms with Crippen LogP contribution in [0.15, 0.2) is 47.4 Å². The number of carbonyl (C=O) groups excluding carboxylic acids is 1. The Morgan fingerprint density at radius 2 is 1.95 bits per heavy atom. The predicted molar refractivity (Wildman–Crippen MR) is 74.9 cm³/mol. The minimum atomic E-state index is -2.56. The van der Waals surface area contributed by atoms with Gasteiger partial charge in [0.1, 0.15) is 11.5 Å². The Labute approximate surface area is 118 Å². The first-order chi connectivity index (χ1) is 9.56. The average molecular weight is 295 g/mol. The van der Waals surface area contributed by atoms with Crippen molar-refractivity contribution in [3.8, 4) is 0 Å². The van der Waals surface area contributed by atoms with E-state index in [1.807, 2.05) is 0 Å². The number of benzene rings is 1. The summed E-state index contributed by atoms with van der Waals surface area (Å²) in [6.45, 7) is 0. The summed E-state index contributed by atoms with van der Waals surface area (Å²) < 4.78 is 24.9. The Hall–Kier alpha value is -2.15. The molecular weight excluding hydrogens is 284 g/mol. The van der Waals surface area contributed by atoms with Gasteiger partial charge in [0.15, 0.2) is 0 Å². The third kappa shape index (κ3) is 3.67. The summed E-state index contributed by atoms with van der Waals surface area (Å²) in [5.41, 5.74) is 5.93. The van der Waals surface area contributed by atoms with Gasteiger partial charge in [0.05, 0.1) is 5.69 Å². The second-order valence-electron chi connectivity index (χ2n) is 3.78. The number of hydrogen-bond acceptors (Lipinski definition) is 4. The molecular formula is C13H11F2N3OS. The number of halogens is 2. The van der Waals surface area contributed by atoms with E-state index in [4.69, 9.17) is 5.73 Å². The van der Waals surface area contributed by atoms with Crippen molar-refractivity contribution in [2.75, 3.05) is 11.1 Å². The normalized spacial score (nSPS) is 10.6. The number of carbonyl (C=O) groups is 1. The molecule has 3 N–H and O–H groups in total. The van der Waals surface area contributed by atoms with Gasteiger partial charge in [0.25, 0.3) is 11.7 Å². The molecule has 1 aromatic heterocycles. The highest BCUT2D eigenvalue weighted by atomic mass is 32.2. The fourth-order valence-corrected chi connectivity index (χ4v) is 2.13. The zero-order valence-corrected chi connectivity index (χ0v) is 11.0. The molecule has 0 aliphatic carbocycles. The van der Waals surface area contributed by atoms with Gasteiger partial charge in [-0.25, -0.2) is 4.98 Å². The van der Waals surface area contributed by atoms with Crippen molar-refractivity contribution in [3.63, 3.8) is 0 Å². The molecule has 1 amide bonds. The number of nitrogen functional groups attached to an aromatic ring is 1. The van der Waals surface area contributed by atoms with Crippen LogP contribution in [0, 0.1) is 0 Å². The molecule has 0 radical (unpaired) electrons. The number of anilines is 2. The lowest BCUT2D eigenvalue weighted by atomic mass is 10.3. The Balaban J connectivity index is 2.19. The van der Waals surface area contributed by atoms with Crippen molar-refractivity contribution in [1.29, 1.82) is 0 Å². The van der Waals surface area contributed by atoms with E-state index in [2.05, 4.69) is 10.3 Å². The lowest BCUT2D eigenvalue weighted by Crippen LogP contribution is -2.14. The molecule has 2 aromatic rings. The van der Waals surface area contributed by atoms with Crippen LogP contribution in [0.5, 0.6) is 0 Å². The van der Waals surface area contributed by atoms with Crippen LogP contribution in [0.1, 0.15) is 10.5 Å².